The van der Waals surface area contributed by atoms with Crippen molar-refractivity contribution in [3.05, 3.63) is 58.1 Å². The van der Waals surface area contributed by atoms with E-state index in [0.29, 0.717) is 22.6 Å². The summed E-state index contributed by atoms with van der Waals surface area (Å²) in [7, 11) is 4.55. The lowest BCUT2D eigenvalue weighted by molar-refractivity contribution is 0.0693. The molecule has 1 unspecified atom stereocenters. The van der Waals surface area contributed by atoms with Crippen LogP contribution < -0.4 is 14.8 Å². The number of hydrogen-bond acceptors (Lipinski definition) is 5. The number of benzene rings is 2. The smallest absolute Gasteiger partial charge is 0.261 e. The zero-order valence-corrected chi connectivity index (χ0v) is 16.5. The molecule has 0 saturated heterocycles. The highest BCUT2D eigenvalue weighted by molar-refractivity contribution is 6.21. The fourth-order valence-electron chi connectivity index (χ4n) is 3.32. The number of amides is 3. The second-order valence-corrected chi connectivity index (χ2v) is 6.69. The van der Waals surface area contributed by atoms with E-state index in [1.165, 1.54) is 19.2 Å². The zero-order valence-electron chi connectivity index (χ0n) is 16.5. The first-order valence-corrected chi connectivity index (χ1v) is 8.78. The van der Waals surface area contributed by atoms with E-state index in [2.05, 4.69) is 5.32 Å². The Morgan fingerprint density at radius 1 is 1.00 bits per heavy atom. The van der Waals surface area contributed by atoms with Crippen molar-refractivity contribution in [3.63, 3.8) is 0 Å². The Hall–Kier alpha value is -3.35. The molecule has 0 spiro atoms. The van der Waals surface area contributed by atoms with Crippen LogP contribution in [0.2, 0.25) is 0 Å². The molecule has 0 fully saturated rings. The maximum absolute atomic E-state index is 12.7. The highest BCUT2D eigenvalue weighted by Gasteiger charge is 2.33. The third-order valence-electron chi connectivity index (χ3n) is 4.94. The molecule has 3 rings (SSSR count). The molecule has 0 saturated carbocycles. The van der Waals surface area contributed by atoms with E-state index in [-0.39, 0.29) is 23.4 Å². The van der Waals surface area contributed by atoms with Gasteiger partial charge in [0.1, 0.15) is 0 Å². The minimum Gasteiger partial charge on any atom is -0.493 e. The maximum atomic E-state index is 12.7. The second-order valence-electron chi connectivity index (χ2n) is 6.69. The Labute approximate surface area is 163 Å². The van der Waals surface area contributed by atoms with Crippen LogP contribution in [0.15, 0.2) is 30.3 Å². The Bertz CT molecular complexity index is 983. The average molecular weight is 382 g/mol. The van der Waals surface area contributed by atoms with E-state index in [1.54, 1.807) is 20.3 Å². The lowest BCUT2D eigenvalue weighted by Gasteiger charge is -2.19. The van der Waals surface area contributed by atoms with Crippen LogP contribution in [0.4, 0.5) is 0 Å². The summed E-state index contributed by atoms with van der Waals surface area (Å²) in [5, 5.41) is 2.93. The predicted molar refractivity (Wildman–Crippen MR) is 103 cm³/mol. The monoisotopic (exact) mass is 382 g/mol. The molecule has 7 nitrogen and oxygen atoms in total. The van der Waals surface area contributed by atoms with Gasteiger partial charge in [-0.1, -0.05) is 0 Å². The first-order chi connectivity index (χ1) is 13.3. The number of imide groups is 1. The summed E-state index contributed by atoms with van der Waals surface area (Å²) >= 11 is 0. The molecule has 7 heteroatoms. The van der Waals surface area contributed by atoms with E-state index in [4.69, 9.17) is 9.47 Å². The van der Waals surface area contributed by atoms with Gasteiger partial charge in [-0.2, -0.15) is 0 Å². The fraction of sp³-hybridized carbons (Fsp3) is 0.286. The van der Waals surface area contributed by atoms with Gasteiger partial charge >= 0.3 is 0 Å². The summed E-state index contributed by atoms with van der Waals surface area (Å²) in [6.45, 7) is 3.79. The van der Waals surface area contributed by atoms with E-state index in [0.717, 1.165) is 16.0 Å². The number of nitrogens with zero attached hydrogens (tertiary/aromatic N) is 1. The van der Waals surface area contributed by atoms with Crippen molar-refractivity contribution in [3.8, 4) is 11.5 Å². The van der Waals surface area contributed by atoms with Gasteiger partial charge in [0.05, 0.1) is 31.4 Å². The van der Waals surface area contributed by atoms with E-state index in [1.807, 2.05) is 26.0 Å². The Morgan fingerprint density at radius 3 is 2.25 bits per heavy atom. The van der Waals surface area contributed by atoms with Gasteiger partial charge in [-0.3, -0.25) is 19.3 Å². The van der Waals surface area contributed by atoms with Crippen molar-refractivity contribution in [1.29, 1.82) is 0 Å². The maximum Gasteiger partial charge on any atom is 0.261 e. The van der Waals surface area contributed by atoms with Crippen LogP contribution in [-0.4, -0.2) is 43.9 Å². The van der Waals surface area contributed by atoms with Crippen LogP contribution in [0.5, 0.6) is 11.5 Å². The van der Waals surface area contributed by atoms with Gasteiger partial charge < -0.3 is 14.8 Å². The zero-order chi connectivity index (χ0) is 20.6. The van der Waals surface area contributed by atoms with Crippen molar-refractivity contribution in [2.75, 3.05) is 21.3 Å². The Balaban J connectivity index is 1.85. The minimum absolute atomic E-state index is 0.245. The second kappa shape index (κ2) is 7.34. The molecule has 2 aromatic rings. The Morgan fingerprint density at radius 2 is 1.61 bits per heavy atom. The van der Waals surface area contributed by atoms with Crippen molar-refractivity contribution >= 4 is 17.7 Å². The van der Waals surface area contributed by atoms with Gasteiger partial charge in [-0.25, -0.2) is 0 Å². The van der Waals surface area contributed by atoms with Gasteiger partial charge in [0.25, 0.3) is 17.7 Å². The van der Waals surface area contributed by atoms with Crippen molar-refractivity contribution < 1.29 is 23.9 Å². The summed E-state index contributed by atoms with van der Waals surface area (Å²) in [4.78, 5) is 37.9. The number of nitrogens with one attached hydrogen (secondary N) is 1. The molecule has 1 heterocycles. The lowest BCUT2D eigenvalue weighted by atomic mass is 10.0. The van der Waals surface area contributed by atoms with Crippen LogP contribution in [0.25, 0.3) is 0 Å². The van der Waals surface area contributed by atoms with Crippen LogP contribution in [0.1, 0.15) is 55.2 Å². The summed E-state index contributed by atoms with van der Waals surface area (Å²) in [5.74, 6) is 0.0982. The number of rotatable bonds is 5. The van der Waals surface area contributed by atoms with Gasteiger partial charge in [0, 0.05) is 12.6 Å². The molecule has 1 aliphatic rings. The number of fused-ring (bicyclic) bond motifs is 1. The topological polar surface area (TPSA) is 84.9 Å². The number of methoxy groups -OCH3 is 2. The normalized spacial score (nSPS) is 14.0. The van der Waals surface area contributed by atoms with Gasteiger partial charge in [-0.15, -0.1) is 0 Å². The van der Waals surface area contributed by atoms with Crippen molar-refractivity contribution in [1.82, 2.24) is 10.2 Å². The van der Waals surface area contributed by atoms with Crippen LogP contribution in [0.3, 0.4) is 0 Å². The molecule has 3 amide bonds. The average Bonchev–Trinajstić information content (AvgIpc) is 2.91. The minimum atomic E-state index is -0.404. The summed E-state index contributed by atoms with van der Waals surface area (Å²) in [6, 6.07) is 7.90. The molecule has 0 radical (unpaired) electrons. The van der Waals surface area contributed by atoms with Crippen LogP contribution in [-0.2, 0) is 0 Å². The van der Waals surface area contributed by atoms with Crippen LogP contribution in [0, 0.1) is 6.92 Å². The fourth-order valence-corrected chi connectivity index (χ4v) is 3.32. The van der Waals surface area contributed by atoms with Gasteiger partial charge in [-0.05, 0) is 55.3 Å². The lowest BCUT2D eigenvalue weighted by Crippen LogP contribution is -2.27. The van der Waals surface area contributed by atoms with E-state index >= 15 is 0 Å². The number of hydrogen-bond donors (Lipinski definition) is 1. The molecule has 1 aliphatic heterocycles. The third kappa shape index (κ3) is 3.19. The van der Waals surface area contributed by atoms with Crippen molar-refractivity contribution in [2.45, 2.75) is 19.9 Å². The standard InChI is InChI=1S/C21H22N2O5/c1-11-8-17(27-4)18(28-5)10-15(11)12(2)22-19(24)13-6-7-14-16(9-13)21(26)23(3)20(14)25/h6-10,12H,1-5H3,(H,22,24). The molecule has 2 aromatic carbocycles. The first-order valence-electron chi connectivity index (χ1n) is 8.78. The molecule has 1 atom stereocenters. The Kier molecular flexibility index (Phi) is 5.09. The molecule has 28 heavy (non-hydrogen) atoms. The van der Waals surface area contributed by atoms with Crippen LogP contribution >= 0.6 is 0 Å². The molecular formula is C21H22N2O5. The quantitative estimate of drug-likeness (QED) is 0.804. The summed E-state index contributed by atoms with van der Waals surface area (Å²) in [5.41, 5.74) is 2.71. The highest BCUT2D eigenvalue weighted by atomic mass is 16.5. The number of carbonyl (C=O) groups excluding carboxylic acids is 3. The molecule has 0 aliphatic carbocycles. The molecule has 1 N–H and O–H groups in total. The van der Waals surface area contributed by atoms with Gasteiger partial charge in [0.15, 0.2) is 11.5 Å². The number of carbonyl (C=O) groups is 3. The molecular weight excluding hydrogens is 360 g/mol. The summed E-state index contributed by atoms with van der Waals surface area (Å²) < 4.78 is 10.6. The van der Waals surface area contributed by atoms with E-state index in [9.17, 15) is 14.4 Å². The van der Waals surface area contributed by atoms with Crippen molar-refractivity contribution in [2.24, 2.45) is 0 Å². The predicted octanol–water partition coefficient (Wildman–Crippen LogP) is 2.73. The first kappa shape index (κ1) is 19.4. The van der Waals surface area contributed by atoms with Gasteiger partial charge in [0.2, 0.25) is 0 Å². The largest absolute Gasteiger partial charge is 0.493 e. The third-order valence-corrected chi connectivity index (χ3v) is 4.94. The molecule has 146 valence electrons. The van der Waals surface area contributed by atoms with E-state index < -0.39 is 5.91 Å². The number of ether oxygens (including phenoxy) is 2. The number of aryl methyl sites for hydroxylation is 1. The molecule has 0 bridgehead atoms. The summed E-state index contributed by atoms with van der Waals surface area (Å²) in [6.07, 6.45) is 0. The SMILES string of the molecule is COc1cc(C)c(C(C)NC(=O)c2ccc3c(c2)C(=O)N(C)C3=O)cc1OC. The highest BCUT2D eigenvalue weighted by Crippen LogP contribution is 2.33. The molecule has 0 aromatic heterocycles.